The zero-order chi connectivity index (χ0) is 14.7. The van der Waals surface area contributed by atoms with Gasteiger partial charge in [-0.05, 0) is 53.5 Å². The number of ketones is 1. The van der Waals surface area contributed by atoms with Crippen LogP contribution in [0.1, 0.15) is 42.4 Å². The lowest BCUT2D eigenvalue weighted by Crippen LogP contribution is -2.08. The largest absolute Gasteiger partial charge is 0.294 e. The highest BCUT2D eigenvalue weighted by atomic mass is 79.9. The predicted molar refractivity (Wildman–Crippen MR) is 79.4 cm³/mol. The van der Waals surface area contributed by atoms with E-state index in [2.05, 4.69) is 34.9 Å². The van der Waals surface area contributed by atoms with Crippen LogP contribution in [-0.2, 0) is 6.42 Å². The van der Waals surface area contributed by atoms with Gasteiger partial charge in [0.25, 0.3) is 0 Å². The Kier molecular flexibility index (Phi) is 4.70. The highest BCUT2D eigenvalue weighted by molar-refractivity contribution is 9.10. The molecule has 0 aliphatic carbocycles. The highest BCUT2D eigenvalue weighted by Crippen LogP contribution is 2.20. The van der Waals surface area contributed by atoms with Crippen molar-refractivity contribution < 1.29 is 9.18 Å². The summed E-state index contributed by atoms with van der Waals surface area (Å²) in [5.74, 6) is -0.444. The quantitative estimate of drug-likeness (QED) is 0.766. The van der Waals surface area contributed by atoms with Crippen molar-refractivity contribution in [2.45, 2.75) is 32.7 Å². The molecule has 1 aromatic carbocycles. The molecule has 0 N–H and O–H groups in total. The van der Waals surface area contributed by atoms with Crippen LogP contribution < -0.4 is 0 Å². The molecule has 0 aliphatic heterocycles. The summed E-state index contributed by atoms with van der Waals surface area (Å²) in [4.78, 5) is 12.2. The van der Waals surface area contributed by atoms with E-state index in [1.165, 1.54) is 18.2 Å². The molecule has 5 heteroatoms. The Morgan fingerprint density at radius 1 is 1.45 bits per heavy atom. The van der Waals surface area contributed by atoms with Crippen LogP contribution in [0.25, 0.3) is 0 Å². The molecule has 0 bridgehead atoms. The van der Waals surface area contributed by atoms with Crippen LogP contribution in [0.5, 0.6) is 0 Å². The molecule has 0 spiro atoms. The third-order valence-corrected chi connectivity index (χ3v) is 3.94. The van der Waals surface area contributed by atoms with Gasteiger partial charge in [-0.15, -0.1) is 0 Å². The first-order chi connectivity index (χ1) is 9.51. The smallest absolute Gasteiger partial charge is 0.170 e. The van der Waals surface area contributed by atoms with E-state index >= 15 is 0 Å². The summed E-state index contributed by atoms with van der Waals surface area (Å²) in [6.07, 6.45) is 3.09. The molecule has 0 amide bonds. The number of rotatable bonds is 5. The second-order valence-corrected chi connectivity index (χ2v) is 5.62. The molecule has 1 aromatic heterocycles. The standard InChI is InChI=1S/C15H16BrFN2O/c1-3-10(2)19-7-6-12(18-19)9-15(20)13-5-4-11(17)8-14(13)16/h4-8,10H,3,9H2,1-2H3. The van der Waals surface area contributed by atoms with Crippen molar-refractivity contribution >= 4 is 21.7 Å². The number of carbonyl (C=O) groups excluding carboxylic acids is 1. The van der Waals surface area contributed by atoms with Crippen molar-refractivity contribution in [1.29, 1.82) is 0 Å². The summed E-state index contributed by atoms with van der Waals surface area (Å²) in [6, 6.07) is 6.24. The minimum absolute atomic E-state index is 0.0775. The first kappa shape index (κ1) is 14.9. The summed E-state index contributed by atoms with van der Waals surface area (Å²) in [5, 5.41) is 4.40. The van der Waals surface area contributed by atoms with Gasteiger partial charge in [-0.2, -0.15) is 5.10 Å². The lowest BCUT2D eigenvalue weighted by Gasteiger charge is -2.08. The van der Waals surface area contributed by atoms with E-state index < -0.39 is 0 Å². The van der Waals surface area contributed by atoms with Gasteiger partial charge in [-0.1, -0.05) is 6.92 Å². The van der Waals surface area contributed by atoms with E-state index in [1.54, 1.807) is 0 Å². The third-order valence-electron chi connectivity index (χ3n) is 3.28. The van der Waals surface area contributed by atoms with Crippen LogP contribution in [0.15, 0.2) is 34.9 Å². The molecule has 0 aliphatic rings. The first-order valence-corrected chi connectivity index (χ1v) is 7.32. The Morgan fingerprint density at radius 3 is 2.85 bits per heavy atom. The number of hydrogen-bond acceptors (Lipinski definition) is 2. The number of halogens is 2. The van der Waals surface area contributed by atoms with Gasteiger partial charge < -0.3 is 0 Å². The Hall–Kier alpha value is -1.49. The van der Waals surface area contributed by atoms with Gasteiger partial charge in [-0.3, -0.25) is 9.48 Å². The number of carbonyl (C=O) groups is 1. The van der Waals surface area contributed by atoms with Gasteiger partial charge in [0, 0.05) is 22.3 Å². The number of benzene rings is 1. The molecular formula is C15H16BrFN2O. The molecule has 106 valence electrons. The summed E-state index contributed by atoms with van der Waals surface area (Å²) in [5.41, 5.74) is 1.20. The van der Waals surface area contributed by atoms with Gasteiger partial charge in [0.05, 0.1) is 12.1 Å². The van der Waals surface area contributed by atoms with Crippen molar-refractivity contribution in [3.63, 3.8) is 0 Å². The van der Waals surface area contributed by atoms with Gasteiger partial charge in [0.2, 0.25) is 0 Å². The lowest BCUT2D eigenvalue weighted by atomic mass is 10.1. The van der Waals surface area contributed by atoms with Gasteiger partial charge in [-0.25, -0.2) is 4.39 Å². The summed E-state index contributed by atoms with van der Waals surface area (Å²) in [6.45, 7) is 4.17. The number of aromatic nitrogens is 2. The molecule has 1 heterocycles. The van der Waals surface area contributed by atoms with Crippen molar-refractivity contribution in [2.75, 3.05) is 0 Å². The molecule has 20 heavy (non-hydrogen) atoms. The average Bonchev–Trinajstić information content (AvgIpc) is 2.86. The SMILES string of the molecule is CCC(C)n1ccc(CC(=O)c2ccc(F)cc2Br)n1. The predicted octanol–water partition coefficient (Wildman–Crippen LogP) is 4.18. The van der Waals surface area contributed by atoms with Gasteiger partial charge in [0.15, 0.2) is 5.78 Å². The molecule has 3 nitrogen and oxygen atoms in total. The van der Waals surface area contributed by atoms with Crippen molar-refractivity contribution in [2.24, 2.45) is 0 Å². The van der Waals surface area contributed by atoms with Crippen LogP contribution in [-0.4, -0.2) is 15.6 Å². The summed E-state index contributed by atoms with van der Waals surface area (Å²) < 4.78 is 15.4. The van der Waals surface area contributed by atoms with Crippen LogP contribution in [0.2, 0.25) is 0 Å². The van der Waals surface area contributed by atoms with Crippen molar-refractivity contribution in [3.8, 4) is 0 Å². The van der Waals surface area contributed by atoms with Crippen LogP contribution >= 0.6 is 15.9 Å². The topological polar surface area (TPSA) is 34.9 Å². The van der Waals surface area contributed by atoms with Crippen LogP contribution in [0, 0.1) is 5.82 Å². The van der Waals surface area contributed by atoms with E-state index in [-0.39, 0.29) is 18.0 Å². The number of Topliss-reactive ketones (excluding diaryl/α,β-unsaturated/α-hetero) is 1. The Morgan fingerprint density at radius 2 is 2.20 bits per heavy atom. The van der Waals surface area contributed by atoms with E-state index in [1.807, 2.05) is 16.9 Å². The average molecular weight is 339 g/mol. The summed E-state index contributed by atoms with van der Waals surface area (Å²) >= 11 is 3.21. The Bertz CT molecular complexity index is 624. The normalized spacial score (nSPS) is 12.4. The van der Waals surface area contributed by atoms with Crippen molar-refractivity contribution in [1.82, 2.24) is 9.78 Å². The lowest BCUT2D eigenvalue weighted by molar-refractivity contribution is 0.0991. The van der Waals surface area contributed by atoms with Gasteiger partial charge in [0.1, 0.15) is 5.82 Å². The molecule has 1 atom stereocenters. The fraction of sp³-hybridized carbons (Fsp3) is 0.333. The van der Waals surface area contributed by atoms with Crippen LogP contribution in [0.4, 0.5) is 4.39 Å². The Labute approximate surface area is 125 Å². The van der Waals surface area contributed by atoms with E-state index in [0.29, 0.717) is 16.1 Å². The maximum Gasteiger partial charge on any atom is 0.170 e. The maximum atomic E-state index is 13.0. The second-order valence-electron chi connectivity index (χ2n) is 4.77. The molecule has 0 radical (unpaired) electrons. The fourth-order valence-corrected chi connectivity index (χ4v) is 2.45. The second kappa shape index (κ2) is 6.31. The third kappa shape index (κ3) is 3.33. The molecule has 1 unspecified atom stereocenters. The Balaban J connectivity index is 2.13. The van der Waals surface area contributed by atoms with Gasteiger partial charge >= 0.3 is 0 Å². The molecule has 2 rings (SSSR count). The zero-order valence-corrected chi connectivity index (χ0v) is 13.0. The molecule has 2 aromatic rings. The molecule has 0 saturated carbocycles. The molecular weight excluding hydrogens is 323 g/mol. The first-order valence-electron chi connectivity index (χ1n) is 6.53. The highest BCUT2D eigenvalue weighted by Gasteiger charge is 2.14. The summed E-state index contributed by atoms with van der Waals surface area (Å²) in [7, 11) is 0. The molecule has 0 fully saturated rings. The molecule has 0 saturated heterocycles. The zero-order valence-electron chi connectivity index (χ0n) is 11.4. The van der Waals surface area contributed by atoms with E-state index in [9.17, 15) is 9.18 Å². The van der Waals surface area contributed by atoms with E-state index in [4.69, 9.17) is 0 Å². The van der Waals surface area contributed by atoms with Crippen LogP contribution in [0.3, 0.4) is 0 Å². The minimum atomic E-state index is -0.366. The minimum Gasteiger partial charge on any atom is -0.294 e. The monoisotopic (exact) mass is 338 g/mol. The number of nitrogens with zero attached hydrogens (tertiary/aromatic N) is 2. The fourth-order valence-electron chi connectivity index (χ4n) is 1.88. The van der Waals surface area contributed by atoms with Crippen molar-refractivity contribution in [3.05, 3.63) is 52.0 Å². The van der Waals surface area contributed by atoms with E-state index in [0.717, 1.165) is 12.1 Å². The maximum absolute atomic E-state index is 13.0. The number of hydrogen-bond donors (Lipinski definition) is 0.